The van der Waals surface area contributed by atoms with Crippen LogP contribution < -0.4 is 4.90 Å². The van der Waals surface area contributed by atoms with Gasteiger partial charge in [0.1, 0.15) is 11.4 Å². The molecule has 9 aromatic carbocycles. The number of rotatable bonds is 8. The molecule has 0 fully saturated rings. The number of benzene rings is 9. The lowest BCUT2D eigenvalue weighted by Crippen LogP contribution is -2.29. The molecule has 0 saturated carbocycles. The number of allylic oxidation sites excluding steroid dienone is 1. The van der Waals surface area contributed by atoms with Gasteiger partial charge in [-0.3, -0.25) is 0 Å². The van der Waals surface area contributed by atoms with Crippen LogP contribution in [-0.4, -0.2) is 15.3 Å². The Morgan fingerprint density at radius 2 is 1.13 bits per heavy atom. The van der Waals surface area contributed by atoms with E-state index in [0.29, 0.717) is 22.5 Å². The molecule has 1 aliphatic carbocycles. The van der Waals surface area contributed by atoms with Gasteiger partial charge in [-0.05, 0) is 110 Å². The SMILES string of the molecule is C/C=C\c1c(CC)c(-c2ccc(N(c3ccc4ccccc4c3)c3c(O)c(O)c4c(c3O)C(c3ccccc3)(c3ccccc3)c3ccccc3-4)cc2)cc2ccccc12. The van der Waals surface area contributed by atoms with Crippen LogP contribution in [0.15, 0.2) is 188 Å². The van der Waals surface area contributed by atoms with Crippen LogP contribution in [0.5, 0.6) is 17.2 Å². The van der Waals surface area contributed by atoms with E-state index in [0.717, 1.165) is 50.6 Å². The number of hydrogen-bond acceptors (Lipinski definition) is 4. The van der Waals surface area contributed by atoms with Gasteiger partial charge in [0.2, 0.25) is 0 Å². The topological polar surface area (TPSA) is 63.9 Å². The normalized spacial score (nSPS) is 12.8. The first-order valence-electron chi connectivity index (χ1n) is 20.5. The Morgan fingerprint density at radius 1 is 0.533 bits per heavy atom. The third kappa shape index (κ3) is 5.52. The molecule has 3 N–H and O–H groups in total. The van der Waals surface area contributed by atoms with Crippen molar-refractivity contribution < 1.29 is 15.3 Å². The van der Waals surface area contributed by atoms with Gasteiger partial charge in [0.05, 0.1) is 5.41 Å². The second kappa shape index (κ2) is 14.7. The molecule has 0 unspecified atom stereocenters. The van der Waals surface area contributed by atoms with Gasteiger partial charge in [-0.15, -0.1) is 0 Å². The maximum Gasteiger partial charge on any atom is 0.186 e. The molecule has 290 valence electrons. The highest BCUT2D eigenvalue weighted by Gasteiger charge is 2.51. The Balaban J connectivity index is 1.25. The van der Waals surface area contributed by atoms with Crippen molar-refractivity contribution in [1.82, 2.24) is 0 Å². The molecular weight excluding hydrogens is 735 g/mol. The first-order chi connectivity index (χ1) is 29.4. The van der Waals surface area contributed by atoms with Gasteiger partial charge in [0.25, 0.3) is 0 Å². The zero-order valence-corrected chi connectivity index (χ0v) is 33.5. The number of fused-ring (bicyclic) bond motifs is 5. The van der Waals surface area contributed by atoms with E-state index in [9.17, 15) is 15.3 Å². The van der Waals surface area contributed by atoms with Gasteiger partial charge >= 0.3 is 0 Å². The van der Waals surface area contributed by atoms with E-state index in [1.807, 2.05) is 95.9 Å². The first kappa shape index (κ1) is 36.8. The highest BCUT2D eigenvalue weighted by Crippen LogP contribution is 2.66. The van der Waals surface area contributed by atoms with E-state index in [2.05, 4.69) is 117 Å². The average Bonchev–Trinajstić information content (AvgIpc) is 3.62. The van der Waals surface area contributed by atoms with E-state index in [1.165, 1.54) is 21.9 Å². The smallest absolute Gasteiger partial charge is 0.186 e. The van der Waals surface area contributed by atoms with Crippen molar-refractivity contribution in [2.45, 2.75) is 25.7 Å². The quantitative estimate of drug-likeness (QED) is 0.106. The van der Waals surface area contributed by atoms with Gasteiger partial charge in [-0.25, -0.2) is 0 Å². The maximum atomic E-state index is 13.2. The summed E-state index contributed by atoms with van der Waals surface area (Å²) in [5, 5.41) is 42.5. The summed E-state index contributed by atoms with van der Waals surface area (Å²) in [5.41, 5.74) is 9.58. The zero-order valence-electron chi connectivity index (χ0n) is 33.5. The minimum atomic E-state index is -1.03. The lowest BCUT2D eigenvalue weighted by molar-refractivity contribution is 0.397. The van der Waals surface area contributed by atoms with E-state index in [-0.39, 0.29) is 17.2 Å². The lowest BCUT2D eigenvalue weighted by Gasteiger charge is -2.36. The van der Waals surface area contributed by atoms with Crippen molar-refractivity contribution in [3.05, 3.63) is 221 Å². The summed E-state index contributed by atoms with van der Waals surface area (Å²) in [6.45, 7) is 4.26. The molecule has 0 heterocycles. The fourth-order valence-corrected chi connectivity index (χ4v) is 9.77. The molecule has 60 heavy (non-hydrogen) atoms. The molecule has 9 aromatic rings. The zero-order chi connectivity index (χ0) is 41.0. The minimum Gasteiger partial charge on any atom is -0.505 e. The Kier molecular flexibility index (Phi) is 8.99. The predicted octanol–water partition coefficient (Wildman–Crippen LogP) is 14.2. The molecule has 0 aromatic heterocycles. The van der Waals surface area contributed by atoms with Crippen molar-refractivity contribution >= 4 is 44.7 Å². The second-order valence-electron chi connectivity index (χ2n) is 15.5. The van der Waals surface area contributed by atoms with E-state index < -0.39 is 11.2 Å². The molecule has 1 aliphatic rings. The standard InChI is InChI=1S/C56H43NO3/c1-3-17-46-44(4-2)48(35-39-20-13-14-25-45(39)46)37-29-31-42(32-30-37)57(43-33-28-36-18-11-12-19-38(36)34-43)52-54(59)51-50(53(58)55(52)60)47-26-15-16-27-49(47)56(51,40-21-7-5-8-22-40)41-23-9-6-10-24-41/h3,5-35,58-60H,4H2,1-2H3/b17-3-. The molecule has 10 rings (SSSR count). The summed E-state index contributed by atoms with van der Waals surface area (Å²) < 4.78 is 0. The maximum absolute atomic E-state index is 13.2. The van der Waals surface area contributed by atoms with Gasteiger partial charge in [0, 0.05) is 22.5 Å². The van der Waals surface area contributed by atoms with Crippen LogP contribution in [0.4, 0.5) is 17.1 Å². The molecule has 0 atom stereocenters. The molecule has 0 aliphatic heterocycles. The number of phenols is 3. The molecule has 0 radical (unpaired) electrons. The Bertz CT molecular complexity index is 3080. The van der Waals surface area contributed by atoms with Gasteiger partial charge < -0.3 is 20.2 Å². The van der Waals surface area contributed by atoms with E-state index >= 15 is 0 Å². The summed E-state index contributed by atoms with van der Waals surface area (Å²) >= 11 is 0. The number of hydrogen-bond donors (Lipinski definition) is 3. The van der Waals surface area contributed by atoms with Crippen molar-refractivity contribution in [2.24, 2.45) is 0 Å². The van der Waals surface area contributed by atoms with Gasteiger partial charge in [0.15, 0.2) is 11.5 Å². The summed E-state index contributed by atoms with van der Waals surface area (Å²) in [7, 11) is 0. The largest absolute Gasteiger partial charge is 0.505 e. The summed E-state index contributed by atoms with van der Waals surface area (Å²) in [4.78, 5) is 1.87. The van der Waals surface area contributed by atoms with Crippen LogP contribution in [0, 0.1) is 0 Å². The average molecular weight is 778 g/mol. The first-order valence-corrected chi connectivity index (χ1v) is 20.5. The van der Waals surface area contributed by atoms with Crippen LogP contribution in [0.25, 0.3) is 49.9 Å². The summed E-state index contributed by atoms with van der Waals surface area (Å²) in [6, 6.07) is 61.5. The lowest BCUT2D eigenvalue weighted by atomic mass is 9.67. The molecule has 0 bridgehead atoms. The Morgan fingerprint density at radius 3 is 1.82 bits per heavy atom. The fourth-order valence-electron chi connectivity index (χ4n) is 9.77. The van der Waals surface area contributed by atoms with E-state index in [1.54, 1.807) is 0 Å². The molecule has 0 amide bonds. The molecule has 0 spiro atoms. The molecule has 4 heteroatoms. The van der Waals surface area contributed by atoms with Crippen LogP contribution in [0.2, 0.25) is 0 Å². The molecule has 0 saturated heterocycles. The predicted molar refractivity (Wildman–Crippen MR) is 248 cm³/mol. The van der Waals surface area contributed by atoms with Crippen LogP contribution in [0.3, 0.4) is 0 Å². The van der Waals surface area contributed by atoms with Gasteiger partial charge in [-0.2, -0.15) is 0 Å². The van der Waals surface area contributed by atoms with Crippen molar-refractivity contribution in [3.63, 3.8) is 0 Å². The number of phenolic OH excluding ortho intramolecular Hbond substituents is 3. The van der Waals surface area contributed by atoms with Crippen LogP contribution in [0.1, 0.15) is 47.2 Å². The summed E-state index contributed by atoms with van der Waals surface area (Å²) in [6.07, 6.45) is 5.16. The number of aromatic hydroxyl groups is 3. The highest BCUT2D eigenvalue weighted by atomic mass is 16.3. The number of nitrogens with zero attached hydrogens (tertiary/aromatic N) is 1. The minimum absolute atomic E-state index is 0.0913. The third-order valence-corrected chi connectivity index (χ3v) is 12.3. The molecule has 4 nitrogen and oxygen atoms in total. The van der Waals surface area contributed by atoms with Crippen LogP contribution in [-0.2, 0) is 11.8 Å². The highest BCUT2D eigenvalue weighted by molar-refractivity contribution is 6.01. The Labute approximate surface area is 350 Å². The van der Waals surface area contributed by atoms with Crippen LogP contribution >= 0.6 is 0 Å². The monoisotopic (exact) mass is 777 g/mol. The van der Waals surface area contributed by atoms with E-state index in [4.69, 9.17) is 0 Å². The van der Waals surface area contributed by atoms with Crippen molar-refractivity contribution in [1.29, 1.82) is 0 Å². The number of anilines is 3. The Hall–Kier alpha value is -7.56. The van der Waals surface area contributed by atoms with Crippen molar-refractivity contribution in [2.75, 3.05) is 4.90 Å². The second-order valence-corrected chi connectivity index (χ2v) is 15.5. The third-order valence-electron chi connectivity index (χ3n) is 12.3. The molecular formula is C56H43NO3. The fraction of sp³-hybridized carbons (Fsp3) is 0.0714. The van der Waals surface area contributed by atoms with Crippen molar-refractivity contribution in [3.8, 4) is 39.5 Å². The summed E-state index contributed by atoms with van der Waals surface area (Å²) in [5.74, 6) is -0.823. The van der Waals surface area contributed by atoms with Gasteiger partial charge in [-0.1, -0.05) is 171 Å².